The van der Waals surface area contributed by atoms with E-state index in [1.807, 2.05) is 60.1 Å². The average Bonchev–Trinajstić information content (AvgIpc) is 3.31. The molecule has 1 N–H and O–H groups in total. The number of ether oxygens (including phenoxy) is 1. The van der Waals surface area contributed by atoms with E-state index in [1.54, 1.807) is 0 Å². The zero-order valence-corrected chi connectivity index (χ0v) is 16.9. The maximum atomic E-state index is 13.0. The topological polar surface area (TPSA) is 56.2 Å². The normalized spacial score (nSPS) is 15.7. The molecule has 1 aliphatic heterocycles. The third-order valence-electron chi connectivity index (χ3n) is 5.27. The van der Waals surface area contributed by atoms with Crippen molar-refractivity contribution in [2.24, 2.45) is 0 Å². The lowest BCUT2D eigenvalue weighted by atomic mass is 10.0. The van der Waals surface area contributed by atoms with Crippen molar-refractivity contribution >= 4 is 27.5 Å². The molecule has 146 valence electrons. The fraction of sp³-hybridized carbons (Fsp3) is 0.217. The number of aromatic nitrogens is 2. The molecule has 29 heavy (non-hydrogen) atoms. The Morgan fingerprint density at radius 3 is 2.86 bits per heavy atom. The number of carbonyl (C=O) groups excluding carboxylic acids is 1. The molecule has 2 aromatic heterocycles. The number of carbonyl (C=O) groups is 1. The number of fused-ring (bicyclic) bond motifs is 2. The van der Waals surface area contributed by atoms with E-state index in [9.17, 15) is 4.79 Å². The van der Waals surface area contributed by atoms with Gasteiger partial charge < -0.3 is 10.1 Å². The lowest BCUT2D eigenvalue weighted by Crippen LogP contribution is -2.31. The molecule has 3 heterocycles. The standard InChI is InChI=1S/C23H21N3O2S/c1-15-18-13-21(29-23(18)26(25-15)14-16-7-3-2-4-8-16)22(27)24-19-11-12-28-20-10-6-5-9-17(19)20/h2-10,13,19H,11-12,14H2,1H3,(H,24,27)/t19-/m1/s1. The van der Waals surface area contributed by atoms with E-state index in [1.165, 1.54) is 16.9 Å². The second-order valence-corrected chi connectivity index (χ2v) is 8.29. The van der Waals surface area contributed by atoms with Gasteiger partial charge in [-0.05, 0) is 24.6 Å². The molecular formula is C23H21N3O2S. The van der Waals surface area contributed by atoms with Crippen LogP contribution in [0.4, 0.5) is 0 Å². The number of nitrogens with one attached hydrogen (secondary N) is 1. The molecule has 0 aliphatic carbocycles. The Morgan fingerprint density at radius 1 is 1.21 bits per heavy atom. The van der Waals surface area contributed by atoms with Crippen molar-refractivity contribution in [3.05, 3.63) is 82.4 Å². The lowest BCUT2D eigenvalue weighted by Gasteiger charge is -2.26. The molecule has 0 bridgehead atoms. The van der Waals surface area contributed by atoms with Crippen molar-refractivity contribution in [1.29, 1.82) is 0 Å². The first-order valence-electron chi connectivity index (χ1n) is 9.72. The molecule has 0 unspecified atom stereocenters. The van der Waals surface area contributed by atoms with E-state index in [4.69, 9.17) is 4.74 Å². The predicted octanol–water partition coefficient (Wildman–Crippen LogP) is 4.71. The summed E-state index contributed by atoms with van der Waals surface area (Å²) in [5.41, 5.74) is 3.18. The molecule has 6 heteroatoms. The zero-order chi connectivity index (χ0) is 19.8. The largest absolute Gasteiger partial charge is 0.493 e. The van der Waals surface area contributed by atoms with Gasteiger partial charge in [-0.25, -0.2) is 0 Å². The van der Waals surface area contributed by atoms with Crippen LogP contribution in [0, 0.1) is 6.92 Å². The quantitative estimate of drug-likeness (QED) is 0.537. The minimum atomic E-state index is -0.0430. The Morgan fingerprint density at radius 2 is 2.00 bits per heavy atom. The van der Waals surface area contributed by atoms with Crippen LogP contribution in [0.2, 0.25) is 0 Å². The molecule has 5 nitrogen and oxygen atoms in total. The smallest absolute Gasteiger partial charge is 0.261 e. The Labute approximate surface area is 172 Å². The lowest BCUT2D eigenvalue weighted by molar-refractivity contribution is 0.0929. The SMILES string of the molecule is Cc1nn(Cc2ccccc2)c2sc(C(=O)N[C@@H]3CCOc4ccccc43)cc12. The molecule has 0 spiro atoms. The van der Waals surface area contributed by atoms with E-state index >= 15 is 0 Å². The summed E-state index contributed by atoms with van der Waals surface area (Å²) in [6, 6.07) is 20.1. The number of para-hydroxylation sites is 1. The Hall–Kier alpha value is -3.12. The highest BCUT2D eigenvalue weighted by Crippen LogP contribution is 2.33. The second kappa shape index (κ2) is 7.37. The Bertz CT molecular complexity index is 1180. The van der Waals surface area contributed by atoms with Crippen molar-refractivity contribution < 1.29 is 9.53 Å². The van der Waals surface area contributed by atoms with Gasteiger partial charge in [0.15, 0.2) is 0 Å². The number of benzene rings is 2. The summed E-state index contributed by atoms with van der Waals surface area (Å²) in [6.45, 7) is 3.30. The number of rotatable bonds is 4. The number of thiophene rings is 1. The molecule has 1 aliphatic rings. The van der Waals surface area contributed by atoms with Gasteiger partial charge in [-0.15, -0.1) is 11.3 Å². The van der Waals surface area contributed by atoms with Gasteiger partial charge in [0.05, 0.1) is 29.8 Å². The third-order valence-corrected chi connectivity index (χ3v) is 6.42. The minimum absolute atomic E-state index is 0.0282. The fourth-order valence-electron chi connectivity index (χ4n) is 3.81. The highest BCUT2D eigenvalue weighted by molar-refractivity contribution is 7.20. The number of aryl methyl sites for hydroxylation is 1. The molecule has 0 fully saturated rings. The van der Waals surface area contributed by atoms with Crippen LogP contribution in [-0.4, -0.2) is 22.3 Å². The highest BCUT2D eigenvalue weighted by atomic mass is 32.1. The van der Waals surface area contributed by atoms with Crippen molar-refractivity contribution in [1.82, 2.24) is 15.1 Å². The predicted molar refractivity (Wildman–Crippen MR) is 115 cm³/mol. The van der Waals surface area contributed by atoms with Crippen LogP contribution >= 0.6 is 11.3 Å². The van der Waals surface area contributed by atoms with Gasteiger partial charge in [0, 0.05) is 17.4 Å². The molecule has 0 radical (unpaired) electrons. The molecular weight excluding hydrogens is 382 g/mol. The van der Waals surface area contributed by atoms with Gasteiger partial charge in [-0.3, -0.25) is 9.48 Å². The minimum Gasteiger partial charge on any atom is -0.493 e. The van der Waals surface area contributed by atoms with E-state index in [-0.39, 0.29) is 11.9 Å². The van der Waals surface area contributed by atoms with E-state index in [0.717, 1.165) is 33.6 Å². The first-order chi connectivity index (χ1) is 14.2. The summed E-state index contributed by atoms with van der Waals surface area (Å²) in [7, 11) is 0. The van der Waals surface area contributed by atoms with Crippen LogP contribution in [0.5, 0.6) is 5.75 Å². The molecule has 0 saturated carbocycles. The molecule has 0 saturated heterocycles. The van der Waals surface area contributed by atoms with Gasteiger partial charge in [-0.1, -0.05) is 48.5 Å². The van der Waals surface area contributed by atoms with Gasteiger partial charge in [0.25, 0.3) is 5.91 Å². The fourth-order valence-corrected chi connectivity index (χ4v) is 4.87. The summed E-state index contributed by atoms with van der Waals surface area (Å²) < 4.78 is 7.70. The monoisotopic (exact) mass is 403 g/mol. The van der Waals surface area contributed by atoms with Crippen LogP contribution in [0.3, 0.4) is 0 Å². The van der Waals surface area contributed by atoms with Crippen molar-refractivity contribution in [2.45, 2.75) is 25.9 Å². The van der Waals surface area contributed by atoms with Crippen molar-refractivity contribution in [3.8, 4) is 5.75 Å². The molecule has 1 atom stereocenters. The third kappa shape index (κ3) is 3.40. The number of nitrogens with zero attached hydrogens (tertiary/aromatic N) is 2. The molecule has 4 aromatic rings. The van der Waals surface area contributed by atoms with Crippen molar-refractivity contribution in [3.63, 3.8) is 0 Å². The van der Waals surface area contributed by atoms with E-state index < -0.39 is 0 Å². The maximum absolute atomic E-state index is 13.0. The summed E-state index contributed by atoms with van der Waals surface area (Å²) in [5, 5.41) is 8.91. The van der Waals surface area contributed by atoms with Crippen molar-refractivity contribution in [2.75, 3.05) is 6.61 Å². The van der Waals surface area contributed by atoms with Gasteiger partial charge in [0.1, 0.15) is 10.6 Å². The number of hydrogen-bond donors (Lipinski definition) is 1. The van der Waals surface area contributed by atoms with Gasteiger partial charge >= 0.3 is 0 Å². The first kappa shape index (κ1) is 17.9. The molecule has 5 rings (SSSR count). The number of amides is 1. The average molecular weight is 404 g/mol. The van der Waals surface area contributed by atoms with Crippen LogP contribution in [0.15, 0.2) is 60.7 Å². The van der Waals surface area contributed by atoms with Gasteiger partial charge in [0.2, 0.25) is 0 Å². The van der Waals surface area contributed by atoms with Gasteiger partial charge in [-0.2, -0.15) is 5.10 Å². The van der Waals surface area contributed by atoms with Crippen LogP contribution in [0.25, 0.3) is 10.2 Å². The summed E-state index contributed by atoms with van der Waals surface area (Å²) in [6.07, 6.45) is 0.772. The zero-order valence-electron chi connectivity index (χ0n) is 16.1. The Balaban J connectivity index is 1.41. The highest BCUT2D eigenvalue weighted by Gasteiger charge is 2.24. The Kier molecular flexibility index (Phi) is 4.56. The van der Waals surface area contributed by atoms with E-state index in [0.29, 0.717) is 18.0 Å². The summed E-state index contributed by atoms with van der Waals surface area (Å²) >= 11 is 1.50. The summed E-state index contributed by atoms with van der Waals surface area (Å²) in [4.78, 5) is 14.7. The number of hydrogen-bond acceptors (Lipinski definition) is 4. The van der Waals surface area contributed by atoms with Crippen LogP contribution < -0.4 is 10.1 Å². The first-order valence-corrected chi connectivity index (χ1v) is 10.5. The van der Waals surface area contributed by atoms with Crippen LogP contribution in [0.1, 0.15) is 39.0 Å². The summed E-state index contributed by atoms with van der Waals surface area (Å²) in [5.74, 6) is 0.813. The van der Waals surface area contributed by atoms with E-state index in [2.05, 4.69) is 22.5 Å². The molecule has 1 amide bonds. The molecule has 2 aromatic carbocycles. The second-order valence-electron chi connectivity index (χ2n) is 7.26. The maximum Gasteiger partial charge on any atom is 0.261 e. The van der Waals surface area contributed by atoms with Crippen LogP contribution in [-0.2, 0) is 6.54 Å².